The van der Waals surface area contributed by atoms with E-state index < -0.39 is 0 Å². The molecule has 5 rings (SSSR count). The summed E-state index contributed by atoms with van der Waals surface area (Å²) in [6.07, 6.45) is 7.34. The molecule has 0 spiro atoms. The lowest BCUT2D eigenvalue weighted by molar-refractivity contribution is -0.137. The molecule has 7 heteroatoms. The van der Waals surface area contributed by atoms with E-state index in [0.29, 0.717) is 30.9 Å². The molecule has 1 aliphatic carbocycles. The molecule has 1 atom stereocenters. The predicted molar refractivity (Wildman–Crippen MR) is 98.7 cm³/mol. The Labute approximate surface area is 158 Å². The SMILES string of the molecule is O=C(C1CCOC1)N1CCC(COc2ccc3nc(C4CC4)cn3n2)CC1. The molecule has 2 aromatic heterocycles. The van der Waals surface area contributed by atoms with Crippen LogP contribution in [0.5, 0.6) is 5.88 Å². The van der Waals surface area contributed by atoms with Gasteiger partial charge in [0.05, 0.1) is 31.0 Å². The number of hydrogen-bond acceptors (Lipinski definition) is 5. The average molecular weight is 370 g/mol. The van der Waals surface area contributed by atoms with E-state index in [-0.39, 0.29) is 11.8 Å². The first-order valence-electron chi connectivity index (χ1n) is 10.1. The Hall–Kier alpha value is -2.15. The number of rotatable bonds is 5. The van der Waals surface area contributed by atoms with E-state index in [0.717, 1.165) is 50.3 Å². The zero-order valence-corrected chi connectivity index (χ0v) is 15.5. The second-order valence-electron chi connectivity index (χ2n) is 8.05. The fraction of sp³-hybridized carbons (Fsp3) is 0.650. The molecule has 3 aliphatic rings. The summed E-state index contributed by atoms with van der Waals surface area (Å²) in [7, 11) is 0. The van der Waals surface area contributed by atoms with Gasteiger partial charge >= 0.3 is 0 Å². The van der Waals surface area contributed by atoms with Gasteiger partial charge in [-0.05, 0) is 44.1 Å². The lowest BCUT2D eigenvalue weighted by Crippen LogP contribution is -2.42. The second kappa shape index (κ2) is 7.11. The molecule has 0 aromatic carbocycles. The normalized spacial score (nSPS) is 23.9. The third-order valence-electron chi connectivity index (χ3n) is 5.98. The van der Waals surface area contributed by atoms with Crippen molar-refractivity contribution >= 4 is 11.6 Å². The van der Waals surface area contributed by atoms with Crippen LogP contribution in [0.4, 0.5) is 0 Å². The van der Waals surface area contributed by atoms with Gasteiger partial charge in [-0.15, -0.1) is 5.10 Å². The maximum Gasteiger partial charge on any atom is 0.231 e. The quantitative estimate of drug-likeness (QED) is 0.808. The molecular formula is C20H26N4O3. The van der Waals surface area contributed by atoms with Gasteiger partial charge in [0.2, 0.25) is 11.8 Å². The molecule has 2 saturated heterocycles. The summed E-state index contributed by atoms with van der Waals surface area (Å²) in [5, 5.41) is 4.54. The number of aromatic nitrogens is 3. The topological polar surface area (TPSA) is 69.0 Å². The Morgan fingerprint density at radius 1 is 1.19 bits per heavy atom. The number of imidazole rings is 1. The van der Waals surface area contributed by atoms with Gasteiger partial charge in [-0.3, -0.25) is 4.79 Å². The standard InChI is InChI=1S/C20H26N4O3/c25-20(16-7-10-26-13-16)23-8-5-14(6-9-23)12-27-19-4-3-18-21-17(15-1-2-15)11-24(18)22-19/h3-4,11,14-16H,1-2,5-10,12-13H2. The summed E-state index contributed by atoms with van der Waals surface area (Å²) in [6, 6.07) is 3.87. The number of piperidine rings is 1. The summed E-state index contributed by atoms with van der Waals surface area (Å²) < 4.78 is 13.1. The third-order valence-corrected chi connectivity index (χ3v) is 5.98. The fourth-order valence-corrected chi connectivity index (χ4v) is 4.05. The Morgan fingerprint density at radius 2 is 2.04 bits per heavy atom. The zero-order chi connectivity index (χ0) is 18.2. The first kappa shape index (κ1) is 17.0. The lowest BCUT2D eigenvalue weighted by Gasteiger charge is -2.33. The summed E-state index contributed by atoms with van der Waals surface area (Å²) in [6.45, 7) is 3.60. The third kappa shape index (κ3) is 3.65. The van der Waals surface area contributed by atoms with Crippen molar-refractivity contribution in [1.82, 2.24) is 19.5 Å². The maximum atomic E-state index is 12.5. The van der Waals surface area contributed by atoms with Crippen molar-refractivity contribution in [3.63, 3.8) is 0 Å². The van der Waals surface area contributed by atoms with Crippen LogP contribution in [0.25, 0.3) is 5.65 Å². The van der Waals surface area contributed by atoms with Crippen LogP contribution < -0.4 is 4.74 Å². The van der Waals surface area contributed by atoms with Crippen LogP contribution in [0.15, 0.2) is 18.3 Å². The van der Waals surface area contributed by atoms with Crippen molar-refractivity contribution in [2.45, 2.75) is 38.0 Å². The number of carbonyl (C=O) groups is 1. The lowest BCUT2D eigenvalue weighted by atomic mass is 9.96. The fourth-order valence-electron chi connectivity index (χ4n) is 4.05. The molecule has 1 saturated carbocycles. The van der Waals surface area contributed by atoms with Gasteiger partial charge in [0, 0.05) is 31.7 Å². The van der Waals surface area contributed by atoms with E-state index >= 15 is 0 Å². The van der Waals surface area contributed by atoms with Crippen LogP contribution in [0.1, 0.15) is 43.7 Å². The van der Waals surface area contributed by atoms with Crippen molar-refractivity contribution in [1.29, 1.82) is 0 Å². The number of nitrogens with zero attached hydrogens (tertiary/aromatic N) is 4. The summed E-state index contributed by atoms with van der Waals surface area (Å²) in [4.78, 5) is 19.1. The minimum atomic E-state index is 0.0736. The number of hydrogen-bond donors (Lipinski definition) is 0. The summed E-state index contributed by atoms with van der Waals surface area (Å²) >= 11 is 0. The molecule has 27 heavy (non-hydrogen) atoms. The molecule has 7 nitrogen and oxygen atoms in total. The Morgan fingerprint density at radius 3 is 2.78 bits per heavy atom. The van der Waals surface area contributed by atoms with Crippen LogP contribution >= 0.6 is 0 Å². The van der Waals surface area contributed by atoms with E-state index in [1.165, 1.54) is 12.8 Å². The molecule has 4 heterocycles. The van der Waals surface area contributed by atoms with Crippen LogP contribution in [0, 0.1) is 11.8 Å². The minimum absolute atomic E-state index is 0.0736. The smallest absolute Gasteiger partial charge is 0.231 e. The first-order valence-corrected chi connectivity index (χ1v) is 10.1. The zero-order valence-electron chi connectivity index (χ0n) is 15.5. The summed E-state index contributed by atoms with van der Waals surface area (Å²) in [5.74, 6) is 2.08. The van der Waals surface area contributed by atoms with Gasteiger partial charge in [0.1, 0.15) is 0 Å². The van der Waals surface area contributed by atoms with Gasteiger partial charge in [0.25, 0.3) is 0 Å². The van der Waals surface area contributed by atoms with Crippen molar-refractivity contribution in [2.75, 3.05) is 32.9 Å². The van der Waals surface area contributed by atoms with Crippen molar-refractivity contribution in [3.05, 3.63) is 24.0 Å². The molecule has 0 radical (unpaired) electrons. The van der Waals surface area contributed by atoms with Gasteiger partial charge < -0.3 is 14.4 Å². The highest BCUT2D eigenvalue weighted by Crippen LogP contribution is 2.39. The molecule has 3 fully saturated rings. The molecule has 1 amide bonds. The molecule has 1 unspecified atom stereocenters. The predicted octanol–water partition coefficient (Wildman–Crippen LogP) is 2.26. The van der Waals surface area contributed by atoms with Crippen molar-refractivity contribution in [3.8, 4) is 5.88 Å². The minimum Gasteiger partial charge on any atom is -0.476 e. The van der Waals surface area contributed by atoms with E-state index in [9.17, 15) is 4.79 Å². The number of likely N-dealkylation sites (tertiary alicyclic amines) is 1. The van der Waals surface area contributed by atoms with Crippen LogP contribution in [-0.2, 0) is 9.53 Å². The van der Waals surface area contributed by atoms with Gasteiger partial charge in [-0.25, -0.2) is 9.50 Å². The van der Waals surface area contributed by atoms with Crippen molar-refractivity contribution < 1.29 is 14.3 Å². The summed E-state index contributed by atoms with van der Waals surface area (Å²) in [5.41, 5.74) is 2.02. The van der Waals surface area contributed by atoms with Crippen molar-refractivity contribution in [2.24, 2.45) is 11.8 Å². The largest absolute Gasteiger partial charge is 0.476 e. The van der Waals surface area contributed by atoms with Crippen LogP contribution in [0.2, 0.25) is 0 Å². The van der Waals surface area contributed by atoms with Gasteiger partial charge in [-0.2, -0.15) is 0 Å². The average Bonchev–Trinajstić information content (AvgIpc) is 3.24. The van der Waals surface area contributed by atoms with E-state index in [4.69, 9.17) is 9.47 Å². The number of ether oxygens (including phenoxy) is 2. The van der Waals surface area contributed by atoms with Crippen LogP contribution in [-0.4, -0.2) is 58.3 Å². The first-order chi connectivity index (χ1) is 13.3. The molecule has 2 aliphatic heterocycles. The highest BCUT2D eigenvalue weighted by molar-refractivity contribution is 5.79. The van der Waals surface area contributed by atoms with Crippen LogP contribution in [0.3, 0.4) is 0 Å². The monoisotopic (exact) mass is 370 g/mol. The van der Waals surface area contributed by atoms with E-state index in [2.05, 4.69) is 10.1 Å². The Bertz CT molecular complexity index is 818. The molecule has 2 aromatic rings. The molecule has 0 bridgehead atoms. The van der Waals surface area contributed by atoms with E-state index in [1.54, 1.807) is 0 Å². The Kier molecular flexibility index (Phi) is 4.47. The highest BCUT2D eigenvalue weighted by atomic mass is 16.5. The molecule has 144 valence electrons. The Balaban J connectivity index is 1.13. The number of fused-ring (bicyclic) bond motifs is 1. The molecular weight excluding hydrogens is 344 g/mol. The number of amides is 1. The highest BCUT2D eigenvalue weighted by Gasteiger charge is 2.31. The molecule has 0 N–H and O–H groups in total. The number of carbonyl (C=O) groups excluding carboxylic acids is 1. The van der Waals surface area contributed by atoms with Gasteiger partial charge in [-0.1, -0.05) is 0 Å². The van der Waals surface area contributed by atoms with E-state index in [1.807, 2.05) is 27.7 Å². The second-order valence-corrected chi connectivity index (χ2v) is 8.05. The maximum absolute atomic E-state index is 12.5. The van der Waals surface area contributed by atoms with Gasteiger partial charge in [0.15, 0.2) is 5.65 Å².